The second-order valence-corrected chi connectivity index (χ2v) is 18.5. The van der Waals surface area contributed by atoms with Crippen LogP contribution in [0.3, 0.4) is 0 Å². The molecular formula is C37H62N2O31S. The molecule has 5 fully saturated rings. The first-order chi connectivity index (χ1) is 33.1. The van der Waals surface area contributed by atoms with Crippen LogP contribution in [0.2, 0.25) is 0 Å². The van der Waals surface area contributed by atoms with Gasteiger partial charge in [0.2, 0.25) is 11.8 Å². The third-order valence-corrected chi connectivity index (χ3v) is 12.7. The monoisotopic (exact) mass is 1060 g/mol. The Hall–Kier alpha value is -2.64. The molecule has 5 aliphatic heterocycles. The van der Waals surface area contributed by atoms with E-state index in [0.717, 1.165) is 13.8 Å². The third-order valence-electron chi connectivity index (χ3n) is 12.3. The number of hydrogen-bond donors (Lipinski definition) is 18. The van der Waals surface area contributed by atoms with Gasteiger partial charge in [0.25, 0.3) is 5.79 Å². The number of rotatable bonds is 19. The van der Waals surface area contributed by atoms with Crippen LogP contribution in [0.1, 0.15) is 27.2 Å². The number of carboxylic acid groups (broad SMARTS) is 1. The van der Waals surface area contributed by atoms with Gasteiger partial charge in [-0.05, 0) is 6.92 Å². The second-order valence-electron chi connectivity index (χ2n) is 17.4. The lowest BCUT2D eigenvalue weighted by Gasteiger charge is -2.52. The molecule has 0 bridgehead atoms. The zero-order valence-corrected chi connectivity index (χ0v) is 38.5. The molecule has 5 aliphatic rings. The second kappa shape index (κ2) is 24.4. The molecule has 34 heteroatoms. The van der Waals surface area contributed by atoms with Crippen LogP contribution in [0, 0.1) is 0 Å². The molecule has 5 heterocycles. The molecule has 5 rings (SSSR count). The molecule has 412 valence electrons. The largest absolute Gasteiger partial charge is 0.477 e. The fourth-order valence-electron chi connectivity index (χ4n) is 8.61. The van der Waals surface area contributed by atoms with E-state index >= 15 is 0 Å². The van der Waals surface area contributed by atoms with Gasteiger partial charge in [-0.2, -0.15) is 8.42 Å². The van der Waals surface area contributed by atoms with Crippen LogP contribution < -0.4 is 10.6 Å². The molecule has 1 unspecified atom stereocenters. The number of aliphatic hydroxyl groups excluding tert-OH is 14. The first kappa shape index (κ1) is 59.2. The van der Waals surface area contributed by atoms with E-state index in [1.165, 1.54) is 6.92 Å². The maximum atomic E-state index is 13.1. The van der Waals surface area contributed by atoms with Gasteiger partial charge in [-0.1, -0.05) is 0 Å². The van der Waals surface area contributed by atoms with Crippen LogP contribution in [0.4, 0.5) is 0 Å². The minimum absolute atomic E-state index is 0.855. The van der Waals surface area contributed by atoms with Gasteiger partial charge in [-0.25, -0.2) is 8.98 Å². The van der Waals surface area contributed by atoms with Gasteiger partial charge >= 0.3 is 16.4 Å². The molecule has 0 aromatic rings. The van der Waals surface area contributed by atoms with Crippen LogP contribution in [0.15, 0.2) is 0 Å². The fourth-order valence-corrected chi connectivity index (χ4v) is 8.92. The minimum Gasteiger partial charge on any atom is -0.477 e. The van der Waals surface area contributed by atoms with E-state index in [4.69, 9.17) is 42.6 Å². The Kier molecular flexibility index (Phi) is 20.3. The Morgan fingerprint density at radius 2 is 1.20 bits per heavy atom. The van der Waals surface area contributed by atoms with Gasteiger partial charge < -0.3 is 130 Å². The van der Waals surface area contributed by atoms with E-state index in [2.05, 4.69) is 14.8 Å². The Morgan fingerprint density at radius 3 is 1.76 bits per heavy atom. The van der Waals surface area contributed by atoms with Gasteiger partial charge in [-0.15, -0.1) is 0 Å². The van der Waals surface area contributed by atoms with Crippen LogP contribution in [0.25, 0.3) is 0 Å². The van der Waals surface area contributed by atoms with Crippen molar-refractivity contribution in [2.45, 2.75) is 186 Å². The molecule has 26 atom stereocenters. The zero-order chi connectivity index (χ0) is 53.2. The van der Waals surface area contributed by atoms with Crippen LogP contribution in [-0.2, 0) is 71.6 Å². The molecule has 71 heavy (non-hydrogen) atoms. The highest BCUT2D eigenvalue weighted by molar-refractivity contribution is 7.80. The quantitative estimate of drug-likeness (QED) is 0.0534. The van der Waals surface area contributed by atoms with Crippen molar-refractivity contribution >= 4 is 28.2 Å². The van der Waals surface area contributed by atoms with E-state index in [0.29, 0.717) is 0 Å². The summed E-state index contributed by atoms with van der Waals surface area (Å²) >= 11 is 0. The van der Waals surface area contributed by atoms with Gasteiger partial charge in [0, 0.05) is 20.3 Å². The average molecular weight is 1060 g/mol. The Bertz CT molecular complexity index is 1890. The van der Waals surface area contributed by atoms with Crippen molar-refractivity contribution in [2.75, 3.05) is 26.4 Å². The fraction of sp³-hybridized carbons (Fsp3) is 0.919. The smallest absolute Gasteiger partial charge is 0.397 e. The number of ether oxygens (including phenoxy) is 9. The molecule has 0 aromatic carbocycles. The van der Waals surface area contributed by atoms with Crippen LogP contribution in [0.5, 0.6) is 0 Å². The predicted molar refractivity (Wildman–Crippen MR) is 216 cm³/mol. The Morgan fingerprint density at radius 1 is 0.662 bits per heavy atom. The maximum absolute atomic E-state index is 13.1. The predicted octanol–water partition coefficient (Wildman–Crippen LogP) is -11.6. The third kappa shape index (κ3) is 13.4. The summed E-state index contributed by atoms with van der Waals surface area (Å²) in [4.78, 5) is 38.1. The van der Waals surface area contributed by atoms with E-state index in [9.17, 15) is 104 Å². The summed E-state index contributed by atoms with van der Waals surface area (Å²) in [6.45, 7) is -1.67. The molecule has 0 spiro atoms. The average Bonchev–Trinajstić information content (AvgIpc) is 3.30. The van der Waals surface area contributed by atoms with Crippen molar-refractivity contribution in [3.8, 4) is 0 Å². The lowest BCUT2D eigenvalue weighted by molar-refractivity contribution is -0.396. The van der Waals surface area contributed by atoms with Crippen molar-refractivity contribution in [3.63, 3.8) is 0 Å². The van der Waals surface area contributed by atoms with Gasteiger partial charge in [0.05, 0.1) is 44.7 Å². The summed E-state index contributed by atoms with van der Waals surface area (Å²) in [5, 5.41) is 165. The minimum atomic E-state index is -5.47. The van der Waals surface area contributed by atoms with E-state index in [1.54, 1.807) is 0 Å². The summed E-state index contributed by atoms with van der Waals surface area (Å²) in [5.74, 6) is -7.26. The topological polar surface area (TPSA) is 525 Å². The van der Waals surface area contributed by atoms with Gasteiger partial charge in [0.15, 0.2) is 25.2 Å². The SMILES string of the molecule is CC(=O)N[C@H]1[C@H](O[C@H]2[C@@H](O)[C@@H](CO)OC(O)[C@@H]2O)O[C@H](COS(=O)(=O)O)[C@@H](O[C@@H]2O[C@H](CO)[C@H](O)[C@H](O[C@]3(C(=O)O)C[C@H](O)[C@@H](NC(C)=O)[C@H]([C@H](O)[C@H](O)CO)O3)[C@H]2O)[C@@H]1O[C@@H]1O[C@@H](C)[C@@H](O)[C@@H](O)[C@@H]1O. The molecule has 0 aromatic heterocycles. The summed E-state index contributed by atoms with van der Waals surface area (Å²) in [6, 6.07) is -3.70. The molecule has 5 saturated heterocycles. The molecule has 18 N–H and O–H groups in total. The molecule has 0 saturated carbocycles. The number of carbonyl (C=O) groups excluding carboxylic acids is 2. The lowest BCUT2D eigenvalue weighted by atomic mass is 9.88. The number of aliphatic hydroxyl groups is 14. The van der Waals surface area contributed by atoms with Crippen molar-refractivity contribution < 1.29 is 151 Å². The van der Waals surface area contributed by atoms with E-state index in [1.807, 2.05) is 0 Å². The van der Waals surface area contributed by atoms with E-state index < -0.39 is 220 Å². The van der Waals surface area contributed by atoms with Crippen LogP contribution in [-0.4, -0.2) is 293 Å². The normalized spacial score (nSPS) is 45.4. The number of amides is 2. The summed E-state index contributed by atoms with van der Waals surface area (Å²) in [6.07, 6.45) is -49.8. The molecule has 33 nitrogen and oxygen atoms in total. The number of carboxylic acids is 1. The first-order valence-corrected chi connectivity index (χ1v) is 23.1. The molecule has 2 amide bonds. The number of aliphatic carboxylic acids is 1. The Balaban J connectivity index is 1.61. The Labute approximate surface area is 401 Å². The summed E-state index contributed by atoms with van der Waals surface area (Å²) < 4.78 is 89.8. The van der Waals surface area contributed by atoms with Crippen LogP contribution >= 0.6 is 0 Å². The van der Waals surface area contributed by atoms with Crippen molar-refractivity contribution in [3.05, 3.63) is 0 Å². The van der Waals surface area contributed by atoms with E-state index in [-0.39, 0.29) is 0 Å². The van der Waals surface area contributed by atoms with Crippen molar-refractivity contribution in [1.82, 2.24) is 10.6 Å². The molecule has 0 radical (unpaired) electrons. The van der Waals surface area contributed by atoms with Crippen molar-refractivity contribution in [1.29, 1.82) is 0 Å². The first-order valence-electron chi connectivity index (χ1n) is 21.7. The molecular weight excluding hydrogens is 1000 g/mol. The number of carbonyl (C=O) groups is 3. The van der Waals surface area contributed by atoms with Crippen molar-refractivity contribution in [2.24, 2.45) is 0 Å². The standard InChI is InChI=1S/C37H62N2O31S/c1-9-19(47)23(51)24(52)34(62-9)67-29-18(39-11(3)44)33(68-30-21(49)14(6-41)63-32(55)25(30)53)65-16(8-61-71(58,59)60)27(29)66-35-26(54)31(22(50)15(7-42)64-35)70-37(36(56)57)4-12(45)17(38-10(2)43)28(69-37)20(48)13(46)5-40/h9,12-35,40-42,45-55H,4-8H2,1-3H3,(H,38,43)(H,39,44)(H,56,57)(H,58,59,60)/t9-,12-,13+,14+,15+,16+,17+,18+,19+,20+,21-,22-,23+,24-,25+,26+,27+,28+,29+,30-,31-,32?,33-,34-,35-,37-/m0/s1. The van der Waals surface area contributed by atoms with Gasteiger partial charge in [-0.3, -0.25) is 14.1 Å². The number of nitrogens with one attached hydrogen (secondary N) is 2. The van der Waals surface area contributed by atoms with Gasteiger partial charge in [0.1, 0.15) is 110 Å². The molecule has 0 aliphatic carbocycles. The highest BCUT2D eigenvalue weighted by Gasteiger charge is 2.61. The highest BCUT2D eigenvalue weighted by atomic mass is 32.3. The summed E-state index contributed by atoms with van der Waals surface area (Å²) in [5.41, 5.74) is 0. The highest BCUT2D eigenvalue weighted by Crippen LogP contribution is 2.40. The summed E-state index contributed by atoms with van der Waals surface area (Å²) in [7, 11) is -5.47. The lowest BCUT2D eigenvalue weighted by Crippen LogP contribution is -2.72. The number of hydrogen-bond acceptors (Lipinski definition) is 29. The maximum Gasteiger partial charge on any atom is 0.397 e. The zero-order valence-electron chi connectivity index (χ0n) is 37.7.